The molecule has 0 bridgehead atoms. The van der Waals surface area contributed by atoms with Gasteiger partial charge in [-0.05, 0) is 24.1 Å². The average molecular weight is 283 g/mol. The molecule has 0 spiro atoms. The largest absolute Gasteiger partial charge is 0.481 e. The molecule has 0 atom stereocenters. The lowest BCUT2D eigenvalue weighted by Gasteiger charge is -2.29. The molecule has 0 unspecified atom stereocenters. The lowest BCUT2D eigenvalue weighted by atomic mass is 10.1. The highest BCUT2D eigenvalue weighted by molar-refractivity contribution is 7.91. The number of carboxylic acids is 1. The van der Waals surface area contributed by atoms with Crippen LogP contribution >= 0.6 is 0 Å². The molecule has 0 saturated carbocycles. The fraction of sp³-hybridized carbons (Fsp3) is 0.462. The zero-order chi connectivity index (χ0) is 13.9. The van der Waals surface area contributed by atoms with Crippen LogP contribution in [0.5, 0.6) is 0 Å². The molecule has 104 valence electrons. The second-order valence-corrected chi connectivity index (χ2v) is 7.01. The SMILES string of the molecule is O=C(O)CCc1cccc(N2CCS(=O)(=O)CC2)c1. The fourth-order valence-corrected chi connectivity index (χ4v) is 3.33. The van der Waals surface area contributed by atoms with Crippen molar-refractivity contribution in [2.45, 2.75) is 12.8 Å². The van der Waals surface area contributed by atoms with Gasteiger partial charge in [0.05, 0.1) is 11.5 Å². The predicted octanol–water partition coefficient (Wildman–Crippen LogP) is 0.939. The van der Waals surface area contributed by atoms with Crippen molar-refractivity contribution in [3.05, 3.63) is 29.8 Å². The first kappa shape index (κ1) is 13.9. The van der Waals surface area contributed by atoms with Crippen LogP contribution in [0.4, 0.5) is 5.69 Å². The van der Waals surface area contributed by atoms with E-state index < -0.39 is 15.8 Å². The Balaban J connectivity index is 2.05. The molecule has 0 aromatic heterocycles. The number of rotatable bonds is 4. The van der Waals surface area contributed by atoms with Gasteiger partial charge in [-0.1, -0.05) is 12.1 Å². The standard InChI is InChI=1S/C13H17NO4S/c15-13(16)5-4-11-2-1-3-12(10-11)14-6-8-19(17,18)9-7-14/h1-3,10H,4-9H2,(H,15,16). The summed E-state index contributed by atoms with van der Waals surface area (Å²) in [4.78, 5) is 12.6. The second kappa shape index (κ2) is 5.61. The Kier molecular flexibility index (Phi) is 4.09. The highest BCUT2D eigenvalue weighted by atomic mass is 32.2. The summed E-state index contributed by atoms with van der Waals surface area (Å²) >= 11 is 0. The first-order valence-electron chi connectivity index (χ1n) is 6.22. The molecule has 0 radical (unpaired) electrons. The van der Waals surface area contributed by atoms with Crippen LogP contribution in [0.1, 0.15) is 12.0 Å². The number of carbonyl (C=O) groups is 1. The molecule has 1 aliphatic rings. The minimum absolute atomic E-state index is 0.109. The van der Waals surface area contributed by atoms with Gasteiger partial charge in [0.2, 0.25) is 0 Å². The number of aliphatic carboxylic acids is 1. The molecule has 2 rings (SSSR count). The third-order valence-electron chi connectivity index (χ3n) is 3.25. The fourth-order valence-electron chi connectivity index (χ4n) is 2.13. The average Bonchev–Trinajstić information content (AvgIpc) is 2.37. The van der Waals surface area contributed by atoms with Gasteiger partial charge in [-0.15, -0.1) is 0 Å². The molecule has 1 aromatic rings. The van der Waals surface area contributed by atoms with Gasteiger partial charge in [0.15, 0.2) is 9.84 Å². The Morgan fingerprint density at radius 3 is 2.58 bits per heavy atom. The molecule has 0 amide bonds. The van der Waals surface area contributed by atoms with Gasteiger partial charge >= 0.3 is 5.97 Å². The zero-order valence-corrected chi connectivity index (χ0v) is 11.4. The van der Waals surface area contributed by atoms with E-state index in [9.17, 15) is 13.2 Å². The van der Waals surface area contributed by atoms with E-state index in [1.807, 2.05) is 29.2 Å². The molecular weight excluding hydrogens is 266 g/mol. The first-order chi connectivity index (χ1) is 8.96. The summed E-state index contributed by atoms with van der Waals surface area (Å²) in [6.07, 6.45) is 0.604. The number of carboxylic acid groups (broad SMARTS) is 1. The van der Waals surface area contributed by atoms with Gasteiger partial charge in [-0.25, -0.2) is 8.42 Å². The van der Waals surface area contributed by atoms with Crippen molar-refractivity contribution in [3.63, 3.8) is 0 Å². The molecule has 1 aliphatic heterocycles. The lowest BCUT2D eigenvalue weighted by molar-refractivity contribution is -0.136. The lowest BCUT2D eigenvalue weighted by Crippen LogP contribution is -2.40. The predicted molar refractivity (Wildman–Crippen MR) is 73.3 cm³/mol. The van der Waals surface area contributed by atoms with E-state index in [0.717, 1.165) is 11.3 Å². The summed E-state index contributed by atoms with van der Waals surface area (Å²) in [5, 5.41) is 8.67. The van der Waals surface area contributed by atoms with Crippen LogP contribution in [0, 0.1) is 0 Å². The minimum atomic E-state index is -2.87. The van der Waals surface area contributed by atoms with Crippen LogP contribution < -0.4 is 4.90 Å². The van der Waals surface area contributed by atoms with E-state index in [4.69, 9.17) is 5.11 Å². The van der Waals surface area contributed by atoms with Gasteiger partial charge in [0, 0.05) is 25.2 Å². The molecule has 5 nitrogen and oxygen atoms in total. The number of hydrogen-bond acceptors (Lipinski definition) is 4. The van der Waals surface area contributed by atoms with Crippen molar-refractivity contribution in [2.24, 2.45) is 0 Å². The normalized spacial score (nSPS) is 18.2. The van der Waals surface area contributed by atoms with Gasteiger partial charge in [0.25, 0.3) is 0 Å². The Bertz CT molecular complexity index is 554. The zero-order valence-electron chi connectivity index (χ0n) is 10.6. The molecule has 1 saturated heterocycles. The van der Waals surface area contributed by atoms with Crippen molar-refractivity contribution < 1.29 is 18.3 Å². The first-order valence-corrected chi connectivity index (χ1v) is 8.04. The van der Waals surface area contributed by atoms with Crippen molar-refractivity contribution in [1.82, 2.24) is 0 Å². The molecule has 1 fully saturated rings. The Morgan fingerprint density at radius 1 is 1.26 bits per heavy atom. The van der Waals surface area contributed by atoms with E-state index in [1.54, 1.807) is 0 Å². The van der Waals surface area contributed by atoms with Crippen molar-refractivity contribution in [3.8, 4) is 0 Å². The summed E-state index contributed by atoms with van der Waals surface area (Å²) in [6.45, 7) is 1.01. The number of nitrogens with zero attached hydrogens (tertiary/aromatic N) is 1. The molecule has 0 aliphatic carbocycles. The van der Waals surface area contributed by atoms with Crippen molar-refractivity contribution >= 4 is 21.5 Å². The van der Waals surface area contributed by atoms with Gasteiger partial charge in [0.1, 0.15) is 0 Å². The van der Waals surface area contributed by atoms with Crippen molar-refractivity contribution in [1.29, 1.82) is 0 Å². The van der Waals surface area contributed by atoms with Gasteiger partial charge in [-0.2, -0.15) is 0 Å². The summed E-state index contributed by atoms with van der Waals surface area (Å²) in [6, 6.07) is 7.66. The van der Waals surface area contributed by atoms with Crippen LogP contribution in [0.25, 0.3) is 0 Å². The summed E-state index contributed by atoms with van der Waals surface area (Å²) in [5.41, 5.74) is 1.94. The van der Waals surface area contributed by atoms with E-state index >= 15 is 0 Å². The maximum absolute atomic E-state index is 11.4. The summed E-state index contributed by atoms with van der Waals surface area (Å²) in [5.74, 6) is -0.437. The Hall–Kier alpha value is -1.56. The van der Waals surface area contributed by atoms with Gasteiger partial charge in [-0.3, -0.25) is 4.79 Å². The van der Waals surface area contributed by atoms with Crippen molar-refractivity contribution in [2.75, 3.05) is 29.5 Å². The molecule has 1 aromatic carbocycles. The van der Waals surface area contributed by atoms with Crippen LogP contribution in [-0.4, -0.2) is 44.1 Å². The quantitative estimate of drug-likeness (QED) is 0.890. The number of hydrogen-bond donors (Lipinski definition) is 1. The monoisotopic (exact) mass is 283 g/mol. The highest BCUT2D eigenvalue weighted by Crippen LogP contribution is 2.19. The van der Waals surface area contributed by atoms with E-state index in [1.165, 1.54) is 0 Å². The maximum Gasteiger partial charge on any atom is 0.303 e. The molecule has 19 heavy (non-hydrogen) atoms. The van der Waals surface area contributed by atoms with Gasteiger partial charge < -0.3 is 10.0 Å². The molecule has 1 N–H and O–H groups in total. The minimum Gasteiger partial charge on any atom is -0.481 e. The number of benzene rings is 1. The smallest absolute Gasteiger partial charge is 0.303 e. The topological polar surface area (TPSA) is 74.7 Å². The Morgan fingerprint density at radius 2 is 1.95 bits per heavy atom. The van der Waals surface area contributed by atoms with Crippen LogP contribution in [-0.2, 0) is 21.1 Å². The number of anilines is 1. The summed E-state index contributed by atoms with van der Waals surface area (Å²) in [7, 11) is -2.87. The number of sulfone groups is 1. The van der Waals surface area contributed by atoms with E-state index in [2.05, 4.69) is 0 Å². The third kappa shape index (κ3) is 3.96. The Labute approximate surface area is 112 Å². The van der Waals surface area contributed by atoms with Crippen LogP contribution in [0.3, 0.4) is 0 Å². The molecule has 1 heterocycles. The van der Waals surface area contributed by atoms with E-state index in [-0.39, 0.29) is 17.9 Å². The van der Waals surface area contributed by atoms with E-state index in [0.29, 0.717) is 19.5 Å². The molecular formula is C13H17NO4S. The molecule has 6 heteroatoms. The van der Waals surface area contributed by atoms with Crippen LogP contribution in [0.15, 0.2) is 24.3 Å². The highest BCUT2D eigenvalue weighted by Gasteiger charge is 2.21. The number of aryl methyl sites for hydroxylation is 1. The van der Waals surface area contributed by atoms with Crippen LogP contribution in [0.2, 0.25) is 0 Å². The second-order valence-electron chi connectivity index (χ2n) is 4.70. The maximum atomic E-state index is 11.4. The third-order valence-corrected chi connectivity index (χ3v) is 4.86. The summed E-state index contributed by atoms with van der Waals surface area (Å²) < 4.78 is 22.8.